The normalized spacial score (nSPS) is 17.7. The lowest BCUT2D eigenvalue weighted by Crippen LogP contribution is -2.35. The number of aromatic amines is 1. The molecule has 2 aromatic carbocycles. The van der Waals surface area contributed by atoms with Gasteiger partial charge in [-0.3, -0.25) is 9.59 Å². The molecule has 34 heavy (non-hydrogen) atoms. The number of aliphatic hydroxyl groups is 1. The van der Waals surface area contributed by atoms with Crippen LogP contribution in [0.1, 0.15) is 17.2 Å². The molecular weight excluding hydrogens is 458 g/mol. The number of Topliss-reactive ketones (excluding diaryl/α,β-unsaturated/α-hetero) is 1. The molecule has 1 saturated heterocycles. The smallest absolute Gasteiger partial charge is 0.295 e. The number of hydrogen-bond acceptors (Lipinski definition) is 6. The van der Waals surface area contributed by atoms with Crippen molar-refractivity contribution in [3.63, 3.8) is 0 Å². The van der Waals surface area contributed by atoms with E-state index >= 15 is 0 Å². The Morgan fingerprint density at radius 3 is 2.53 bits per heavy atom. The Morgan fingerprint density at radius 2 is 1.85 bits per heavy atom. The lowest BCUT2D eigenvalue weighted by atomic mass is 9.94. The summed E-state index contributed by atoms with van der Waals surface area (Å²) in [6.45, 7) is 0.850. The zero-order valence-corrected chi connectivity index (χ0v) is 20.1. The molecule has 1 unspecified atom stereocenters. The van der Waals surface area contributed by atoms with Crippen molar-refractivity contribution in [3.05, 3.63) is 64.3 Å². The predicted octanol–water partition coefficient (Wildman–Crippen LogP) is 3.82. The second-order valence-electron chi connectivity index (χ2n) is 8.27. The largest absolute Gasteiger partial charge is 0.507 e. The summed E-state index contributed by atoms with van der Waals surface area (Å²) >= 11 is 6.31. The first-order valence-corrected chi connectivity index (χ1v) is 11.1. The van der Waals surface area contributed by atoms with E-state index in [9.17, 15) is 14.7 Å². The minimum atomic E-state index is -0.790. The zero-order chi connectivity index (χ0) is 24.6. The van der Waals surface area contributed by atoms with E-state index < -0.39 is 17.7 Å². The van der Waals surface area contributed by atoms with Crippen molar-refractivity contribution in [1.82, 2.24) is 14.8 Å². The molecule has 2 N–H and O–H groups in total. The molecule has 1 fully saturated rings. The fraction of sp³-hybridized carbons (Fsp3) is 0.280. The zero-order valence-electron chi connectivity index (χ0n) is 19.4. The molecule has 0 saturated carbocycles. The van der Waals surface area contributed by atoms with Gasteiger partial charge in [0.15, 0.2) is 0 Å². The van der Waals surface area contributed by atoms with Crippen molar-refractivity contribution in [2.45, 2.75) is 6.04 Å². The van der Waals surface area contributed by atoms with Crippen LogP contribution in [0.5, 0.6) is 11.5 Å². The van der Waals surface area contributed by atoms with E-state index in [1.54, 1.807) is 6.20 Å². The molecule has 1 atom stereocenters. The number of benzene rings is 2. The van der Waals surface area contributed by atoms with Gasteiger partial charge in [-0.25, -0.2) is 0 Å². The number of methoxy groups -OCH3 is 2. The first-order chi connectivity index (χ1) is 16.3. The molecule has 1 aromatic heterocycles. The summed E-state index contributed by atoms with van der Waals surface area (Å²) in [6, 6.07) is 9.82. The lowest BCUT2D eigenvalue weighted by molar-refractivity contribution is -0.140. The van der Waals surface area contributed by atoms with Gasteiger partial charge in [0.25, 0.3) is 11.7 Å². The third kappa shape index (κ3) is 3.99. The molecule has 3 aromatic rings. The van der Waals surface area contributed by atoms with E-state index in [1.807, 2.05) is 43.3 Å². The first kappa shape index (κ1) is 23.7. The summed E-state index contributed by atoms with van der Waals surface area (Å²) in [4.78, 5) is 33.1. The minimum absolute atomic E-state index is 0.0203. The summed E-state index contributed by atoms with van der Waals surface area (Å²) in [6.07, 6.45) is 1.77. The topological polar surface area (TPSA) is 95.1 Å². The van der Waals surface area contributed by atoms with Gasteiger partial charge in [-0.05, 0) is 26.2 Å². The number of fused-ring (bicyclic) bond motifs is 1. The van der Waals surface area contributed by atoms with Gasteiger partial charge in [-0.15, -0.1) is 0 Å². The fourth-order valence-corrected chi connectivity index (χ4v) is 4.49. The molecule has 1 amide bonds. The molecule has 0 bridgehead atoms. The first-order valence-electron chi connectivity index (χ1n) is 10.7. The fourth-order valence-electron chi connectivity index (χ4n) is 4.25. The number of hydrogen-bond donors (Lipinski definition) is 2. The Hall–Kier alpha value is -3.49. The Labute approximate surface area is 202 Å². The van der Waals surface area contributed by atoms with E-state index in [0.29, 0.717) is 24.4 Å². The van der Waals surface area contributed by atoms with Gasteiger partial charge in [-0.1, -0.05) is 29.8 Å². The van der Waals surface area contributed by atoms with Crippen molar-refractivity contribution in [2.24, 2.45) is 0 Å². The predicted molar refractivity (Wildman–Crippen MR) is 130 cm³/mol. The molecular formula is C25H26ClN3O5. The number of aliphatic hydroxyl groups excluding tert-OH is 1. The SMILES string of the molecule is COc1cc(OC)c(/C(O)=C2\C(=O)C(=O)N(CCN(C)C)C2c2c[nH]c3ccccc23)cc1Cl. The Morgan fingerprint density at radius 1 is 1.15 bits per heavy atom. The van der Waals surface area contributed by atoms with Crippen molar-refractivity contribution >= 4 is 40.0 Å². The van der Waals surface area contributed by atoms with Crippen LogP contribution in [0, 0.1) is 0 Å². The van der Waals surface area contributed by atoms with Gasteiger partial charge < -0.3 is 29.4 Å². The number of ketones is 1. The second-order valence-corrected chi connectivity index (χ2v) is 8.68. The highest BCUT2D eigenvalue weighted by Crippen LogP contribution is 2.44. The lowest BCUT2D eigenvalue weighted by Gasteiger charge is -2.26. The van der Waals surface area contributed by atoms with Gasteiger partial charge in [0.1, 0.15) is 17.3 Å². The van der Waals surface area contributed by atoms with Crippen LogP contribution in [-0.2, 0) is 9.59 Å². The quantitative estimate of drug-likeness (QED) is 0.301. The van der Waals surface area contributed by atoms with Crippen molar-refractivity contribution in [2.75, 3.05) is 41.4 Å². The highest BCUT2D eigenvalue weighted by atomic mass is 35.5. The van der Waals surface area contributed by atoms with Gasteiger partial charge in [0.05, 0.1) is 36.4 Å². The van der Waals surface area contributed by atoms with Gasteiger partial charge in [0.2, 0.25) is 0 Å². The maximum absolute atomic E-state index is 13.3. The molecule has 4 rings (SSSR count). The Bertz CT molecular complexity index is 1300. The summed E-state index contributed by atoms with van der Waals surface area (Å²) in [5, 5.41) is 12.5. The number of carbonyl (C=O) groups excluding carboxylic acids is 2. The van der Waals surface area contributed by atoms with Gasteiger partial charge in [-0.2, -0.15) is 0 Å². The van der Waals surface area contributed by atoms with E-state index in [-0.39, 0.29) is 27.7 Å². The maximum atomic E-state index is 13.3. The molecule has 0 aliphatic carbocycles. The molecule has 1 aliphatic rings. The number of H-pyrrole nitrogens is 1. The highest BCUT2D eigenvalue weighted by molar-refractivity contribution is 6.46. The van der Waals surface area contributed by atoms with Crippen LogP contribution >= 0.6 is 11.6 Å². The van der Waals surface area contributed by atoms with Crippen molar-refractivity contribution in [1.29, 1.82) is 0 Å². The third-order valence-corrected chi connectivity index (χ3v) is 6.27. The molecule has 0 radical (unpaired) electrons. The van der Waals surface area contributed by atoms with Crippen LogP contribution in [-0.4, -0.2) is 73.0 Å². The number of nitrogens with one attached hydrogen (secondary N) is 1. The van der Waals surface area contributed by atoms with Crippen LogP contribution in [0.4, 0.5) is 0 Å². The van der Waals surface area contributed by atoms with Crippen LogP contribution < -0.4 is 9.47 Å². The molecule has 9 heteroatoms. The number of likely N-dealkylation sites (tertiary alicyclic amines) is 1. The van der Waals surface area contributed by atoms with E-state index in [0.717, 1.165) is 10.9 Å². The van der Waals surface area contributed by atoms with Crippen molar-refractivity contribution in [3.8, 4) is 11.5 Å². The maximum Gasteiger partial charge on any atom is 0.295 e. The average molecular weight is 484 g/mol. The van der Waals surface area contributed by atoms with Crippen LogP contribution in [0.3, 0.4) is 0 Å². The second kappa shape index (κ2) is 9.40. The van der Waals surface area contributed by atoms with E-state index in [2.05, 4.69) is 4.98 Å². The summed E-state index contributed by atoms with van der Waals surface area (Å²) in [7, 11) is 6.68. The molecule has 178 valence electrons. The average Bonchev–Trinajstić information content (AvgIpc) is 3.35. The van der Waals surface area contributed by atoms with E-state index in [1.165, 1.54) is 31.3 Å². The van der Waals surface area contributed by atoms with Crippen LogP contribution in [0.15, 0.2) is 48.2 Å². The number of rotatable bonds is 7. The van der Waals surface area contributed by atoms with Crippen LogP contribution in [0.25, 0.3) is 16.7 Å². The minimum Gasteiger partial charge on any atom is -0.507 e. The number of likely N-dealkylation sites (N-methyl/N-ethyl adjacent to an activating group) is 1. The summed E-state index contributed by atoms with van der Waals surface area (Å²) in [5.41, 5.74) is 1.76. The van der Waals surface area contributed by atoms with E-state index in [4.69, 9.17) is 21.1 Å². The summed E-state index contributed by atoms with van der Waals surface area (Å²) < 4.78 is 10.7. The summed E-state index contributed by atoms with van der Waals surface area (Å²) in [5.74, 6) is -1.18. The third-order valence-electron chi connectivity index (χ3n) is 5.97. The number of para-hydroxylation sites is 1. The number of aromatic nitrogens is 1. The van der Waals surface area contributed by atoms with Gasteiger partial charge >= 0.3 is 0 Å². The number of halogens is 1. The molecule has 0 spiro atoms. The monoisotopic (exact) mass is 483 g/mol. The molecule has 1 aliphatic heterocycles. The Kier molecular flexibility index (Phi) is 6.54. The molecule has 2 heterocycles. The van der Waals surface area contributed by atoms with Gasteiger partial charge in [0, 0.05) is 41.8 Å². The van der Waals surface area contributed by atoms with Crippen molar-refractivity contribution < 1.29 is 24.2 Å². The Balaban J connectivity index is 1.95. The number of nitrogens with zero attached hydrogens (tertiary/aromatic N) is 2. The number of carbonyl (C=O) groups is 2. The highest BCUT2D eigenvalue weighted by Gasteiger charge is 2.47. The number of amides is 1. The number of ether oxygens (including phenoxy) is 2. The molecule has 8 nitrogen and oxygen atoms in total. The van der Waals surface area contributed by atoms with Crippen LogP contribution in [0.2, 0.25) is 5.02 Å². The standard InChI is InChI=1S/C25H26ClN3O5/c1-28(2)9-10-29-22(16-13-27-18-8-6-5-7-14(16)18)21(24(31)25(29)32)23(30)15-11-17(26)20(34-4)12-19(15)33-3/h5-8,11-13,22,27,30H,9-10H2,1-4H3/b23-21+.